The zero-order valence-corrected chi connectivity index (χ0v) is 16.3. The van der Waals surface area contributed by atoms with Crippen molar-refractivity contribution in [1.29, 1.82) is 0 Å². The number of aromatic nitrogens is 3. The lowest BCUT2D eigenvalue weighted by Crippen LogP contribution is -2.29. The lowest BCUT2D eigenvalue weighted by molar-refractivity contribution is -0.128. The van der Waals surface area contributed by atoms with Gasteiger partial charge in [0.05, 0.1) is 32.7 Å². The zero-order chi connectivity index (χ0) is 19.9. The molecule has 3 rings (SSSR count). The Kier molecular flexibility index (Phi) is 6.59. The maximum Gasteiger partial charge on any atom is 0.243 e. The molecule has 1 saturated heterocycles. The first kappa shape index (κ1) is 19.8. The fourth-order valence-corrected chi connectivity index (χ4v) is 3.16. The molecular weight excluding hydrogens is 362 g/mol. The number of ether oxygens (including phenoxy) is 3. The Morgan fingerprint density at radius 2 is 2.11 bits per heavy atom. The smallest absolute Gasteiger partial charge is 0.243 e. The molecule has 1 aliphatic rings. The first-order chi connectivity index (χ1) is 13.6. The maximum atomic E-state index is 12.0. The second-order valence-corrected chi connectivity index (χ2v) is 6.52. The minimum absolute atomic E-state index is 0.152. The van der Waals surface area contributed by atoms with E-state index in [1.807, 2.05) is 17.0 Å². The van der Waals surface area contributed by atoms with E-state index in [-0.39, 0.29) is 11.8 Å². The Bertz CT molecular complexity index is 817. The number of methoxy groups -OCH3 is 3. The van der Waals surface area contributed by atoms with Crippen LogP contribution in [0.5, 0.6) is 11.5 Å². The van der Waals surface area contributed by atoms with Crippen molar-refractivity contribution in [3.8, 4) is 22.8 Å². The van der Waals surface area contributed by atoms with E-state index in [9.17, 15) is 4.79 Å². The van der Waals surface area contributed by atoms with Gasteiger partial charge in [0.2, 0.25) is 11.9 Å². The average molecular weight is 387 g/mol. The van der Waals surface area contributed by atoms with Gasteiger partial charge in [-0.05, 0) is 12.1 Å². The Morgan fingerprint density at radius 3 is 2.86 bits per heavy atom. The molecule has 1 atom stereocenters. The Hall–Kier alpha value is -2.94. The van der Waals surface area contributed by atoms with E-state index in [0.29, 0.717) is 55.8 Å². The summed E-state index contributed by atoms with van der Waals surface area (Å²) in [7, 11) is 4.83. The molecule has 2 aromatic rings. The quantitative estimate of drug-likeness (QED) is 0.691. The molecule has 1 aromatic heterocycles. The van der Waals surface area contributed by atoms with Crippen LogP contribution in [0.4, 0.5) is 5.95 Å². The summed E-state index contributed by atoms with van der Waals surface area (Å²) in [6, 6.07) is 5.50. The van der Waals surface area contributed by atoms with Crippen molar-refractivity contribution in [3.05, 3.63) is 24.4 Å². The van der Waals surface area contributed by atoms with Crippen LogP contribution in [0.3, 0.4) is 0 Å². The number of amides is 1. The molecule has 9 nitrogen and oxygen atoms in total. The van der Waals surface area contributed by atoms with Gasteiger partial charge in [0.1, 0.15) is 11.5 Å². The van der Waals surface area contributed by atoms with Crippen LogP contribution in [-0.2, 0) is 9.53 Å². The highest BCUT2D eigenvalue weighted by molar-refractivity contribution is 5.78. The van der Waals surface area contributed by atoms with Gasteiger partial charge in [0, 0.05) is 50.7 Å². The van der Waals surface area contributed by atoms with Gasteiger partial charge in [-0.25, -0.2) is 4.98 Å². The number of nitrogens with one attached hydrogen (secondary N) is 1. The third kappa shape index (κ3) is 4.66. The van der Waals surface area contributed by atoms with Crippen molar-refractivity contribution < 1.29 is 19.0 Å². The van der Waals surface area contributed by atoms with Crippen molar-refractivity contribution in [1.82, 2.24) is 20.1 Å². The molecule has 0 unspecified atom stereocenters. The second kappa shape index (κ2) is 9.32. The first-order valence-electron chi connectivity index (χ1n) is 9.07. The lowest BCUT2D eigenvalue weighted by Gasteiger charge is -2.16. The van der Waals surface area contributed by atoms with Crippen LogP contribution in [0.15, 0.2) is 24.4 Å². The molecule has 0 saturated carbocycles. The number of hydrogen-bond donors (Lipinski definition) is 1. The van der Waals surface area contributed by atoms with Gasteiger partial charge in [-0.2, -0.15) is 5.10 Å². The summed E-state index contributed by atoms with van der Waals surface area (Å²) in [4.78, 5) is 18.4. The predicted molar refractivity (Wildman–Crippen MR) is 103 cm³/mol. The van der Waals surface area contributed by atoms with Crippen molar-refractivity contribution in [2.75, 3.05) is 52.9 Å². The summed E-state index contributed by atoms with van der Waals surface area (Å²) in [5.74, 6) is 2.11. The Labute approximate surface area is 164 Å². The van der Waals surface area contributed by atoms with E-state index in [4.69, 9.17) is 14.2 Å². The van der Waals surface area contributed by atoms with Crippen LogP contribution in [-0.4, -0.2) is 73.6 Å². The third-order valence-electron chi connectivity index (χ3n) is 4.65. The topological polar surface area (TPSA) is 98.7 Å². The highest BCUT2D eigenvalue weighted by Crippen LogP contribution is 2.32. The van der Waals surface area contributed by atoms with Gasteiger partial charge < -0.3 is 24.4 Å². The Balaban J connectivity index is 1.65. The highest BCUT2D eigenvalue weighted by atomic mass is 16.5. The molecule has 1 aromatic carbocycles. The standard InChI is InChI=1S/C19H25N5O4/c1-26-7-6-24-12-13(8-18(24)25)10-20-19-22-16(11-21-23-19)15-5-4-14(27-2)9-17(15)28-3/h4-5,9,11,13H,6-8,10,12H2,1-3H3,(H,20,22,23)/t13-/m0/s1. The number of anilines is 1. The summed E-state index contributed by atoms with van der Waals surface area (Å²) in [5.41, 5.74) is 1.43. The van der Waals surface area contributed by atoms with Gasteiger partial charge in [-0.15, -0.1) is 5.10 Å². The second-order valence-electron chi connectivity index (χ2n) is 6.52. The average Bonchev–Trinajstić information content (AvgIpc) is 3.09. The first-order valence-corrected chi connectivity index (χ1v) is 9.07. The third-order valence-corrected chi connectivity index (χ3v) is 4.65. The van der Waals surface area contributed by atoms with Crippen LogP contribution in [0, 0.1) is 5.92 Å². The van der Waals surface area contributed by atoms with Gasteiger partial charge in [0.15, 0.2) is 0 Å². The molecule has 28 heavy (non-hydrogen) atoms. The van der Waals surface area contributed by atoms with E-state index in [1.165, 1.54) is 0 Å². The molecule has 0 aliphatic carbocycles. The molecule has 1 aliphatic heterocycles. The molecule has 2 heterocycles. The predicted octanol–water partition coefficient (Wildman–Crippen LogP) is 1.46. The van der Waals surface area contributed by atoms with Crippen LogP contribution >= 0.6 is 0 Å². The zero-order valence-electron chi connectivity index (χ0n) is 16.3. The van der Waals surface area contributed by atoms with Crippen molar-refractivity contribution in [2.45, 2.75) is 6.42 Å². The molecule has 1 amide bonds. The number of hydrogen-bond acceptors (Lipinski definition) is 8. The summed E-state index contributed by atoms with van der Waals surface area (Å²) in [5, 5.41) is 11.3. The van der Waals surface area contributed by atoms with Crippen molar-refractivity contribution in [2.24, 2.45) is 5.92 Å². The number of rotatable bonds is 9. The van der Waals surface area contributed by atoms with Crippen molar-refractivity contribution >= 4 is 11.9 Å². The number of carbonyl (C=O) groups is 1. The van der Waals surface area contributed by atoms with Gasteiger partial charge >= 0.3 is 0 Å². The number of nitrogens with zero attached hydrogens (tertiary/aromatic N) is 4. The van der Waals surface area contributed by atoms with Crippen LogP contribution < -0.4 is 14.8 Å². The van der Waals surface area contributed by atoms with E-state index < -0.39 is 0 Å². The number of likely N-dealkylation sites (tertiary alicyclic amines) is 1. The minimum atomic E-state index is 0.152. The monoisotopic (exact) mass is 387 g/mol. The summed E-state index contributed by atoms with van der Waals surface area (Å²) in [6.07, 6.45) is 2.09. The molecule has 9 heteroatoms. The van der Waals surface area contributed by atoms with E-state index >= 15 is 0 Å². The van der Waals surface area contributed by atoms with Gasteiger partial charge in [0.25, 0.3) is 0 Å². The molecule has 1 N–H and O–H groups in total. The fourth-order valence-electron chi connectivity index (χ4n) is 3.16. The molecule has 1 fully saturated rings. The van der Waals surface area contributed by atoms with E-state index in [1.54, 1.807) is 33.6 Å². The summed E-state index contributed by atoms with van der Waals surface area (Å²) < 4.78 is 15.7. The normalized spacial score (nSPS) is 16.3. The van der Waals surface area contributed by atoms with E-state index in [0.717, 1.165) is 5.56 Å². The number of benzene rings is 1. The highest BCUT2D eigenvalue weighted by Gasteiger charge is 2.29. The maximum absolute atomic E-state index is 12.0. The molecule has 150 valence electrons. The SMILES string of the molecule is COCCN1C[C@H](CNc2nncc(-c3ccc(OC)cc3OC)n2)CC1=O. The fraction of sp³-hybridized carbons (Fsp3) is 0.474. The molecular formula is C19H25N5O4. The summed E-state index contributed by atoms with van der Waals surface area (Å²) in [6.45, 7) is 2.47. The Morgan fingerprint density at radius 1 is 1.25 bits per heavy atom. The minimum Gasteiger partial charge on any atom is -0.497 e. The van der Waals surface area contributed by atoms with Crippen LogP contribution in [0.25, 0.3) is 11.3 Å². The lowest BCUT2D eigenvalue weighted by atomic mass is 10.1. The molecule has 0 bridgehead atoms. The van der Waals surface area contributed by atoms with Crippen LogP contribution in [0.2, 0.25) is 0 Å². The van der Waals surface area contributed by atoms with Crippen molar-refractivity contribution in [3.63, 3.8) is 0 Å². The molecule has 0 radical (unpaired) electrons. The largest absolute Gasteiger partial charge is 0.497 e. The van der Waals surface area contributed by atoms with Crippen LogP contribution in [0.1, 0.15) is 6.42 Å². The number of carbonyl (C=O) groups excluding carboxylic acids is 1. The van der Waals surface area contributed by atoms with Gasteiger partial charge in [-0.1, -0.05) is 0 Å². The molecule has 0 spiro atoms. The summed E-state index contributed by atoms with van der Waals surface area (Å²) >= 11 is 0. The van der Waals surface area contributed by atoms with Gasteiger partial charge in [-0.3, -0.25) is 4.79 Å². The van der Waals surface area contributed by atoms with E-state index in [2.05, 4.69) is 20.5 Å².